The standard InChI is InChI=1S/C11H12BrNO/c1-3-11(14)13-8(2)9-5-4-6-10(12)7-9/h3-8H,1H2,2H3,(H,13,14). The fourth-order valence-corrected chi connectivity index (χ4v) is 1.55. The van der Waals surface area contributed by atoms with Gasteiger partial charge in [-0.3, -0.25) is 4.79 Å². The van der Waals surface area contributed by atoms with Gasteiger partial charge in [0.05, 0.1) is 6.04 Å². The molecule has 0 fully saturated rings. The highest BCUT2D eigenvalue weighted by Crippen LogP contribution is 2.17. The molecule has 0 saturated carbocycles. The van der Waals surface area contributed by atoms with Gasteiger partial charge in [-0.05, 0) is 30.7 Å². The second-order valence-electron chi connectivity index (χ2n) is 2.99. The number of carbonyl (C=O) groups excluding carboxylic acids is 1. The highest BCUT2D eigenvalue weighted by atomic mass is 79.9. The maximum Gasteiger partial charge on any atom is 0.243 e. The van der Waals surface area contributed by atoms with Gasteiger partial charge in [-0.2, -0.15) is 0 Å². The molecule has 0 spiro atoms. The van der Waals surface area contributed by atoms with Crippen LogP contribution in [-0.2, 0) is 4.79 Å². The molecule has 0 aliphatic rings. The molecule has 0 aromatic heterocycles. The summed E-state index contributed by atoms with van der Waals surface area (Å²) in [5.74, 6) is -0.155. The van der Waals surface area contributed by atoms with E-state index in [9.17, 15) is 4.79 Å². The zero-order chi connectivity index (χ0) is 10.6. The molecule has 0 radical (unpaired) electrons. The van der Waals surface area contributed by atoms with Crippen molar-refractivity contribution in [3.8, 4) is 0 Å². The van der Waals surface area contributed by atoms with Crippen molar-refractivity contribution in [2.75, 3.05) is 0 Å². The van der Waals surface area contributed by atoms with Gasteiger partial charge < -0.3 is 5.32 Å². The first-order chi connectivity index (χ1) is 6.63. The van der Waals surface area contributed by atoms with Crippen LogP contribution in [0.1, 0.15) is 18.5 Å². The predicted molar refractivity (Wildman–Crippen MR) is 60.9 cm³/mol. The van der Waals surface area contributed by atoms with E-state index in [0.717, 1.165) is 10.0 Å². The average molecular weight is 254 g/mol. The molecule has 2 nitrogen and oxygen atoms in total. The van der Waals surface area contributed by atoms with Crippen LogP contribution in [0.25, 0.3) is 0 Å². The van der Waals surface area contributed by atoms with Gasteiger partial charge in [-0.15, -0.1) is 0 Å². The third kappa shape index (κ3) is 3.00. The second-order valence-corrected chi connectivity index (χ2v) is 3.91. The lowest BCUT2D eigenvalue weighted by atomic mass is 10.1. The Labute approximate surface area is 92.1 Å². The first kappa shape index (κ1) is 11.0. The molecule has 1 aromatic carbocycles. The van der Waals surface area contributed by atoms with Crippen molar-refractivity contribution in [3.05, 3.63) is 47.0 Å². The Morgan fingerprint density at radius 1 is 1.64 bits per heavy atom. The summed E-state index contributed by atoms with van der Waals surface area (Å²) < 4.78 is 1.01. The molecular weight excluding hydrogens is 242 g/mol. The molecule has 3 heteroatoms. The van der Waals surface area contributed by atoms with Crippen molar-refractivity contribution >= 4 is 21.8 Å². The van der Waals surface area contributed by atoms with Crippen LogP contribution in [0.4, 0.5) is 0 Å². The van der Waals surface area contributed by atoms with Crippen molar-refractivity contribution < 1.29 is 4.79 Å². The van der Waals surface area contributed by atoms with E-state index in [-0.39, 0.29) is 11.9 Å². The van der Waals surface area contributed by atoms with Gasteiger partial charge in [0.25, 0.3) is 0 Å². The third-order valence-corrected chi connectivity index (χ3v) is 2.39. The Morgan fingerprint density at radius 3 is 2.93 bits per heavy atom. The maximum atomic E-state index is 11.0. The van der Waals surface area contributed by atoms with Gasteiger partial charge in [-0.1, -0.05) is 34.6 Å². The van der Waals surface area contributed by atoms with Crippen LogP contribution in [0.2, 0.25) is 0 Å². The van der Waals surface area contributed by atoms with E-state index in [1.807, 2.05) is 31.2 Å². The molecule has 1 aromatic rings. The molecule has 1 amide bonds. The van der Waals surface area contributed by atoms with Gasteiger partial charge in [0.15, 0.2) is 0 Å². The minimum atomic E-state index is -0.155. The van der Waals surface area contributed by atoms with Crippen molar-refractivity contribution in [1.29, 1.82) is 0 Å². The van der Waals surface area contributed by atoms with E-state index in [1.54, 1.807) is 0 Å². The van der Waals surface area contributed by atoms with E-state index >= 15 is 0 Å². The van der Waals surface area contributed by atoms with E-state index < -0.39 is 0 Å². The zero-order valence-electron chi connectivity index (χ0n) is 7.96. The van der Waals surface area contributed by atoms with E-state index in [4.69, 9.17) is 0 Å². The molecule has 1 N–H and O–H groups in total. The maximum absolute atomic E-state index is 11.0. The molecule has 0 aliphatic heterocycles. The number of amides is 1. The second kappa shape index (κ2) is 4.96. The quantitative estimate of drug-likeness (QED) is 0.825. The van der Waals surface area contributed by atoms with Crippen molar-refractivity contribution in [1.82, 2.24) is 5.32 Å². The molecule has 1 rings (SSSR count). The molecule has 0 bridgehead atoms. The van der Waals surface area contributed by atoms with Crippen LogP contribution >= 0.6 is 15.9 Å². The fraction of sp³-hybridized carbons (Fsp3) is 0.182. The highest BCUT2D eigenvalue weighted by Gasteiger charge is 2.06. The van der Waals surface area contributed by atoms with Crippen LogP contribution in [0.3, 0.4) is 0 Å². The lowest BCUT2D eigenvalue weighted by molar-refractivity contribution is -0.117. The van der Waals surface area contributed by atoms with Crippen molar-refractivity contribution in [2.45, 2.75) is 13.0 Å². The van der Waals surface area contributed by atoms with Crippen LogP contribution in [0.5, 0.6) is 0 Å². The number of halogens is 1. The number of hydrogen-bond acceptors (Lipinski definition) is 1. The summed E-state index contributed by atoms with van der Waals surface area (Å²) in [4.78, 5) is 11.0. The minimum absolute atomic E-state index is 0.00185. The number of benzene rings is 1. The van der Waals surface area contributed by atoms with E-state index in [1.165, 1.54) is 6.08 Å². The molecular formula is C11H12BrNO. The average Bonchev–Trinajstić information content (AvgIpc) is 2.17. The summed E-state index contributed by atoms with van der Waals surface area (Å²) >= 11 is 3.38. The summed E-state index contributed by atoms with van der Waals surface area (Å²) in [6, 6.07) is 7.84. The lowest BCUT2D eigenvalue weighted by Crippen LogP contribution is -2.24. The van der Waals surface area contributed by atoms with Crippen molar-refractivity contribution in [3.63, 3.8) is 0 Å². The summed E-state index contributed by atoms with van der Waals surface area (Å²) in [6.07, 6.45) is 1.27. The van der Waals surface area contributed by atoms with Crippen LogP contribution in [-0.4, -0.2) is 5.91 Å². The molecule has 74 valence electrons. The van der Waals surface area contributed by atoms with Gasteiger partial charge in [0.2, 0.25) is 5.91 Å². The Morgan fingerprint density at radius 2 is 2.36 bits per heavy atom. The van der Waals surface area contributed by atoms with Crippen LogP contribution in [0.15, 0.2) is 41.4 Å². The molecule has 0 heterocycles. The van der Waals surface area contributed by atoms with Gasteiger partial charge in [-0.25, -0.2) is 0 Å². The normalized spacial score (nSPS) is 11.9. The lowest BCUT2D eigenvalue weighted by Gasteiger charge is -2.12. The van der Waals surface area contributed by atoms with Crippen LogP contribution < -0.4 is 5.32 Å². The minimum Gasteiger partial charge on any atom is -0.346 e. The SMILES string of the molecule is C=CC(=O)NC(C)c1cccc(Br)c1. The smallest absolute Gasteiger partial charge is 0.243 e. The molecule has 1 unspecified atom stereocenters. The summed E-state index contributed by atoms with van der Waals surface area (Å²) in [5.41, 5.74) is 1.06. The van der Waals surface area contributed by atoms with Crippen LogP contribution in [0, 0.1) is 0 Å². The Bertz CT molecular complexity index is 349. The van der Waals surface area contributed by atoms with Gasteiger partial charge in [0, 0.05) is 4.47 Å². The number of carbonyl (C=O) groups is 1. The third-order valence-electron chi connectivity index (χ3n) is 1.89. The number of rotatable bonds is 3. The first-order valence-electron chi connectivity index (χ1n) is 4.32. The molecule has 0 saturated heterocycles. The van der Waals surface area contributed by atoms with E-state index in [2.05, 4.69) is 27.8 Å². The topological polar surface area (TPSA) is 29.1 Å². The Kier molecular flexibility index (Phi) is 3.89. The Balaban J connectivity index is 2.74. The summed E-state index contributed by atoms with van der Waals surface area (Å²) in [6.45, 7) is 5.34. The summed E-state index contributed by atoms with van der Waals surface area (Å²) in [5, 5.41) is 2.80. The monoisotopic (exact) mass is 253 g/mol. The number of hydrogen-bond donors (Lipinski definition) is 1. The molecule has 1 atom stereocenters. The molecule has 0 aliphatic carbocycles. The molecule has 14 heavy (non-hydrogen) atoms. The summed E-state index contributed by atoms with van der Waals surface area (Å²) in [7, 11) is 0. The zero-order valence-corrected chi connectivity index (χ0v) is 9.54. The van der Waals surface area contributed by atoms with Gasteiger partial charge in [0.1, 0.15) is 0 Å². The fourth-order valence-electron chi connectivity index (χ4n) is 1.13. The highest BCUT2D eigenvalue weighted by molar-refractivity contribution is 9.10. The van der Waals surface area contributed by atoms with E-state index in [0.29, 0.717) is 0 Å². The largest absolute Gasteiger partial charge is 0.346 e. The van der Waals surface area contributed by atoms with Crippen molar-refractivity contribution in [2.24, 2.45) is 0 Å². The predicted octanol–water partition coefficient (Wildman–Crippen LogP) is 2.81. The van der Waals surface area contributed by atoms with Gasteiger partial charge >= 0.3 is 0 Å². The Hall–Kier alpha value is -1.09. The first-order valence-corrected chi connectivity index (χ1v) is 5.11. The number of nitrogens with one attached hydrogen (secondary N) is 1.